The lowest BCUT2D eigenvalue weighted by atomic mass is 10.00. The zero-order valence-corrected chi connectivity index (χ0v) is 14.7. The van der Waals surface area contributed by atoms with E-state index in [0.717, 1.165) is 34.6 Å². The van der Waals surface area contributed by atoms with Crippen LogP contribution >= 0.6 is 0 Å². The normalized spacial score (nSPS) is 13.4. The molecule has 0 unspecified atom stereocenters. The third-order valence-corrected chi connectivity index (χ3v) is 5.49. The number of hydrogen-bond donors (Lipinski definition) is 1. The molecule has 0 bridgehead atoms. The van der Waals surface area contributed by atoms with Crippen molar-refractivity contribution in [3.8, 4) is 0 Å². The van der Waals surface area contributed by atoms with Gasteiger partial charge in [0, 0.05) is 17.0 Å². The van der Waals surface area contributed by atoms with Crippen LogP contribution in [0, 0.1) is 0 Å². The van der Waals surface area contributed by atoms with E-state index in [1.54, 1.807) is 5.56 Å². The van der Waals surface area contributed by atoms with Gasteiger partial charge < -0.3 is 5.73 Å². The molecule has 2 N–H and O–H groups in total. The Morgan fingerprint density at radius 2 is 1.69 bits per heavy atom. The summed E-state index contributed by atoms with van der Waals surface area (Å²) in [6.07, 6.45) is 7.75. The molecule has 4 aromatic rings. The van der Waals surface area contributed by atoms with E-state index in [2.05, 4.69) is 40.3 Å². The van der Waals surface area contributed by atoms with Crippen LogP contribution in [0.4, 0.5) is 5.82 Å². The van der Waals surface area contributed by atoms with Crippen LogP contribution in [0.1, 0.15) is 28.7 Å². The maximum absolute atomic E-state index is 6.12. The minimum Gasteiger partial charge on any atom is -0.382 e. The second-order valence-electron chi connectivity index (χ2n) is 7.21. The largest absolute Gasteiger partial charge is 0.382 e. The number of pyridine rings is 2. The van der Waals surface area contributed by atoms with Gasteiger partial charge in [-0.2, -0.15) is 0 Å². The second kappa shape index (κ2) is 6.10. The summed E-state index contributed by atoms with van der Waals surface area (Å²) in [5.74, 6) is 0.504. The number of aryl methyl sites for hydroxylation is 4. The molecule has 0 radical (unpaired) electrons. The summed E-state index contributed by atoms with van der Waals surface area (Å²) in [5, 5.41) is 2.21. The Kier molecular flexibility index (Phi) is 3.59. The number of nitrogens with zero attached hydrogens (tertiary/aromatic N) is 2. The van der Waals surface area contributed by atoms with Crippen molar-refractivity contribution in [1.29, 1.82) is 0 Å². The van der Waals surface area contributed by atoms with Gasteiger partial charge in [0.05, 0.1) is 5.52 Å². The molecule has 0 spiro atoms. The van der Waals surface area contributed by atoms with E-state index in [-0.39, 0.29) is 0 Å². The van der Waals surface area contributed by atoms with Gasteiger partial charge in [0.25, 0.3) is 0 Å². The van der Waals surface area contributed by atoms with Crippen molar-refractivity contribution in [2.75, 3.05) is 5.73 Å². The summed E-state index contributed by atoms with van der Waals surface area (Å²) in [4.78, 5) is 9.09. The van der Waals surface area contributed by atoms with Crippen molar-refractivity contribution >= 4 is 27.6 Å². The maximum Gasteiger partial charge on any atom is 0.150 e. The highest BCUT2D eigenvalue weighted by Crippen LogP contribution is 2.28. The number of nitrogens with two attached hydrogens (primary N) is 1. The van der Waals surface area contributed by atoms with Gasteiger partial charge in [-0.1, -0.05) is 36.4 Å². The first kappa shape index (κ1) is 15.3. The van der Waals surface area contributed by atoms with Crippen molar-refractivity contribution in [2.45, 2.75) is 32.1 Å². The number of aromatic nitrogens is 2. The molecule has 0 saturated carbocycles. The van der Waals surface area contributed by atoms with Crippen LogP contribution in [-0.4, -0.2) is 9.97 Å². The molecule has 128 valence electrons. The molecular weight excluding hydrogens is 318 g/mol. The van der Waals surface area contributed by atoms with Crippen LogP contribution in [0.5, 0.6) is 0 Å². The van der Waals surface area contributed by atoms with Gasteiger partial charge in [-0.05, 0) is 66.5 Å². The van der Waals surface area contributed by atoms with Crippen LogP contribution in [-0.2, 0) is 25.7 Å². The molecule has 0 fully saturated rings. The fraction of sp³-hybridized carbons (Fsp3) is 0.217. The quantitative estimate of drug-likeness (QED) is 0.553. The lowest BCUT2D eigenvalue weighted by Crippen LogP contribution is -1.98. The molecule has 0 aliphatic heterocycles. The number of nitrogen functional groups attached to an aromatic ring is 1. The highest BCUT2D eigenvalue weighted by atomic mass is 14.9. The first-order valence-electron chi connectivity index (χ1n) is 9.31. The zero-order chi connectivity index (χ0) is 17.5. The molecule has 0 saturated heterocycles. The average Bonchev–Trinajstić information content (AvgIpc) is 3.14. The molecule has 1 aliphatic carbocycles. The Balaban J connectivity index is 1.48. The molecule has 3 heteroatoms. The number of anilines is 1. The SMILES string of the molecule is Nc1nc2ccccc2c2cc(CCc3ccc4c(c3)CCC4)cnc12. The van der Waals surface area contributed by atoms with Gasteiger partial charge in [-0.25, -0.2) is 4.98 Å². The molecule has 0 atom stereocenters. The van der Waals surface area contributed by atoms with E-state index < -0.39 is 0 Å². The van der Waals surface area contributed by atoms with E-state index in [9.17, 15) is 0 Å². The summed E-state index contributed by atoms with van der Waals surface area (Å²) in [5.41, 5.74) is 13.6. The van der Waals surface area contributed by atoms with Gasteiger partial charge in [0.1, 0.15) is 5.52 Å². The van der Waals surface area contributed by atoms with Crippen molar-refractivity contribution in [1.82, 2.24) is 9.97 Å². The predicted molar refractivity (Wildman–Crippen MR) is 107 cm³/mol. The zero-order valence-electron chi connectivity index (χ0n) is 14.7. The van der Waals surface area contributed by atoms with Gasteiger partial charge in [0.15, 0.2) is 5.82 Å². The van der Waals surface area contributed by atoms with Crippen LogP contribution in [0.15, 0.2) is 54.7 Å². The second-order valence-corrected chi connectivity index (χ2v) is 7.21. The third kappa shape index (κ3) is 2.60. The van der Waals surface area contributed by atoms with Crippen LogP contribution < -0.4 is 5.73 Å². The minimum absolute atomic E-state index is 0.504. The molecule has 26 heavy (non-hydrogen) atoms. The van der Waals surface area contributed by atoms with Crippen LogP contribution in [0.2, 0.25) is 0 Å². The molecule has 3 nitrogen and oxygen atoms in total. The fourth-order valence-corrected chi connectivity index (χ4v) is 4.11. The summed E-state index contributed by atoms with van der Waals surface area (Å²) in [6, 6.07) is 17.4. The lowest BCUT2D eigenvalue weighted by molar-refractivity contribution is 0.910. The first-order chi connectivity index (χ1) is 12.8. The van der Waals surface area contributed by atoms with E-state index in [1.807, 2.05) is 24.4 Å². The number of para-hydroxylation sites is 1. The monoisotopic (exact) mass is 339 g/mol. The molecule has 2 heterocycles. The van der Waals surface area contributed by atoms with Crippen molar-refractivity contribution in [3.63, 3.8) is 0 Å². The molecule has 5 rings (SSSR count). The van der Waals surface area contributed by atoms with Crippen LogP contribution in [0.25, 0.3) is 21.8 Å². The molecule has 2 aromatic carbocycles. The summed E-state index contributed by atoms with van der Waals surface area (Å²) in [7, 11) is 0. The van der Waals surface area contributed by atoms with E-state index in [4.69, 9.17) is 5.73 Å². The summed E-state index contributed by atoms with van der Waals surface area (Å²) < 4.78 is 0. The highest BCUT2D eigenvalue weighted by molar-refractivity contribution is 6.08. The number of fused-ring (bicyclic) bond motifs is 4. The third-order valence-electron chi connectivity index (χ3n) is 5.49. The smallest absolute Gasteiger partial charge is 0.150 e. The average molecular weight is 339 g/mol. The van der Waals surface area contributed by atoms with Crippen molar-refractivity contribution in [3.05, 3.63) is 77.0 Å². The van der Waals surface area contributed by atoms with Gasteiger partial charge in [-0.15, -0.1) is 0 Å². The summed E-state index contributed by atoms with van der Waals surface area (Å²) in [6.45, 7) is 0. The Morgan fingerprint density at radius 3 is 2.65 bits per heavy atom. The van der Waals surface area contributed by atoms with Crippen molar-refractivity contribution < 1.29 is 0 Å². The Morgan fingerprint density at radius 1 is 0.846 bits per heavy atom. The highest BCUT2D eigenvalue weighted by Gasteiger charge is 2.11. The Hall–Kier alpha value is -2.94. The maximum atomic E-state index is 6.12. The number of rotatable bonds is 3. The van der Waals surface area contributed by atoms with Gasteiger partial charge in [-0.3, -0.25) is 4.98 Å². The molecule has 2 aromatic heterocycles. The Labute approximate surface area is 152 Å². The van der Waals surface area contributed by atoms with Gasteiger partial charge in [0.2, 0.25) is 0 Å². The summed E-state index contributed by atoms with van der Waals surface area (Å²) >= 11 is 0. The van der Waals surface area contributed by atoms with E-state index in [0.29, 0.717) is 5.82 Å². The van der Waals surface area contributed by atoms with E-state index in [1.165, 1.54) is 36.0 Å². The number of hydrogen-bond acceptors (Lipinski definition) is 3. The topological polar surface area (TPSA) is 51.8 Å². The van der Waals surface area contributed by atoms with Crippen molar-refractivity contribution in [2.24, 2.45) is 0 Å². The molecule has 0 amide bonds. The molecular formula is C23H21N3. The Bertz CT molecular complexity index is 1130. The van der Waals surface area contributed by atoms with Crippen LogP contribution in [0.3, 0.4) is 0 Å². The standard InChI is InChI=1S/C23H21N3/c24-23-22-20(19-6-1-2-7-21(19)26-23)13-16(14-25-22)9-8-15-10-11-17-4-3-5-18(17)12-15/h1-2,6-7,10-14H,3-5,8-9H2,(H2,24,26). The lowest BCUT2D eigenvalue weighted by Gasteiger charge is -2.09. The fourth-order valence-electron chi connectivity index (χ4n) is 4.11. The van der Waals surface area contributed by atoms with E-state index >= 15 is 0 Å². The molecule has 1 aliphatic rings. The minimum atomic E-state index is 0.504. The first-order valence-corrected chi connectivity index (χ1v) is 9.31. The number of benzene rings is 2. The predicted octanol–water partition coefficient (Wildman–Crippen LogP) is 4.64. The van der Waals surface area contributed by atoms with Gasteiger partial charge >= 0.3 is 0 Å².